The van der Waals surface area contributed by atoms with Crippen LogP contribution in [0.25, 0.3) is 0 Å². The lowest BCUT2D eigenvalue weighted by molar-refractivity contribution is -0.138. The minimum atomic E-state index is -4.21. The SMILES string of the molecule is NCCO[P@@](=O)(O)OC[C@@H](COCCCCCCCCCCCCCCCC(=O)O)OCCCCC(=O)O. The second-order valence-corrected chi connectivity index (χ2v) is 11.0. The van der Waals surface area contributed by atoms with Crippen molar-refractivity contribution in [2.75, 3.05) is 39.6 Å². The number of carboxylic acid groups (broad SMARTS) is 2. The number of rotatable bonds is 30. The minimum absolute atomic E-state index is 0.0668. The molecule has 226 valence electrons. The van der Waals surface area contributed by atoms with Crippen LogP contribution in [0.2, 0.25) is 0 Å². The van der Waals surface area contributed by atoms with E-state index in [9.17, 15) is 19.0 Å². The molecular formula is C26H52NO10P. The Hall–Kier alpha value is -1.07. The van der Waals surface area contributed by atoms with E-state index in [1.807, 2.05) is 0 Å². The molecule has 0 aromatic carbocycles. The summed E-state index contributed by atoms with van der Waals surface area (Å²) in [4.78, 5) is 30.7. The summed E-state index contributed by atoms with van der Waals surface area (Å²) < 4.78 is 32.9. The van der Waals surface area contributed by atoms with Gasteiger partial charge in [-0.15, -0.1) is 0 Å². The monoisotopic (exact) mass is 569 g/mol. The quantitative estimate of drug-likeness (QED) is 0.0654. The highest BCUT2D eigenvalue weighted by atomic mass is 31.2. The molecule has 0 aromatic heterocycles. The summed E-state index contributed by atoms with van der Waals surface area (Å²) in [7, 11) is -4.21. The highest BCUT2D eigenvalue weighted by Gasteiger charge is 2.23. The van der Waals surface area contributed by atoms with Gasteiger partial charge in [0.25, 0.3) is 0 Å². The highest BCUT2D eigenvalue weighted by molar-refractivity contribution is 7.47. The van der Waals surface area contributed by atoms with Crippen molar-refractivity contribution < 1.29 is 47.8 Å². The van der Waals surface area contributed by atoms with Gasteiger partial charge in [-0.25, -0.2) is 4.57 Å². The molecule has 0 rings (SSSR count). The van der Waals surface area contributed by atoms with E-state index in [4.69, 9.17) is 34.5 Å². The maximum atomic E-state index is 11.8. The third kappa shape index (κ3) is 28.0. The standard InChI is InChI=1S/C26H52NO10P/c27-18-21-36-38(32,33)37-23-24(35-20-15-13-17-26(30)31)22-34-19-14-11-9-7-5-3-1-2-4-6-8-10-12-16-25(28)29/h24H,1-23,27H2,(H,28,29)(H,30,31)(H,32,33)/t24-/m1/s1. The molecule has 0 spiro atoms. The number of phosphoric ester groups is 1. The third-order valence-corrected chi connectivity index (χ3v) is 6.90. The number of carboxylic acids is 2. The summed E-state index contributed by atoms with van der Waals surface area (Å²) in [6, 6.07) is 0. The van der Waals surface area contributed by atoms with E-state index in [0.717, 1.165) is 38.5 Å². The zero-order valence-corrected chi connectivity index (χ0v) is 24.0. The van der Waals surface area contributed by atoms with Crippen LogP contribution in [0.3, 0.4) is 0 Å². The number of carbonyl (C=O) groups is 2. The predicted molar refractivity (Wildman–Crippen MR) is 145 cm³/mol. The number of phosphoric acid groups is 1. The van der Waals surface area contributed by atoms with Crippen LogP contribution in [0, 0.1) is 0 Å². The van der Waals surface area contributed by atoms with Crippen molar-refractivity contribution in [2.24, 2.45) is 5.73 Å². The van der Waals surface area contributed by atoms with Gasteiger partial charge in [0.15, 0.2) is 0 Å². The van der Waals surface area contributed by atoms with Crippen LogP contribution in [-0.2, 0) is 32.7 Å². The molecule has 2 atom stereocenters. The van der Waals surface area contributed by atoms with Gasteiger partial charge < -0.3 is 30.3 Å². The van der Waals surface area contributed by atoms with E-state index in [1.165, 1.54) is 44.9 Å². The maximum absolute atomic E-state index is 11.8. The van der Waals surface area contributed by atoms with E-state index in [2.05, 4.69) is 0 Å². The molecule has 0 radical (unpaired) electrons. The van der Waals surface area contributed by atoms with Crippen molar-refractivity contribution in [2.45, 2.75) is 115 Å². The smallest absolute Gasteiger partial charge is 0.472 e. The van der Waals surface area contributed by atoms with Gasteiger partial charge in [-0.05, 0) is 25.7 Å². The van der Waals surface area contributed by atoms with Crippen molar-refractivity contribution in [1.29, 1.82) is 0 Å². The van der Waals surface area contributed by atoms with Crippen LogP contribution in [0.4, 0.5) is 0 Å². The summed E-state index contributed by atoms with van der Waals surface area (Å²) in [6.07, 6.45) is 15.6. The fraction of sp³-hybridized carbons (Fsp3) is 0.923. The Balaban J connectivity index is 3.81. The highest BCUT2D eigenvalue weighted by Crippen LogP contribution is 2.43. The molecule has 0 aromatic rings. The predicted octanol–water partition coefficient (Wildman–Crippen LogP) is 5.28. The Morgan fingerprint density at radius 2 is 1.08 bits per heavy atom. The van der Waals surface area contributed by atoms with Crippen molar-refractivity contribution in [3.8, 4) is 0 Å². The summed E-state index contributed by atoms with van der Waals surface area (Å²) in [5.41, 5.74) is 5.28. The first-order valence-corrected chi connectivity index (χ1v) is 15.7. The lowest BCUT2D eigenvalue weighted by atomic mass is 10.0. The summed E-state index contributed by atoms with van der Waals surface area (Å²) in [5, 5.41) is 17.3. The van der Waals surface area contributed by atoms with Gasteiger partial charge in [0, 0.05) is 32.6 Å². The lowest BCUT2D eigenvalue weighted by Gasteiger charge is -2.20. The molecule has 0 unspecified atom stereocenters. The summed E-state index contributed by atoms with van der Waals surface area (Å²) in [5.74, 6) is -1.56. The largest absolute Gasteiger partial charge is 0.481 e. The zero-order valence-electron chi connectivity index (χ0n) is 23.1. The third-order valence-electron chi connectivity index (χ3n) is 5.92. The van der Waals surface area contributed by atoms with Crippen molar-refractivity contribution >= 4 is 19.8 Å². The van der Waals surface area contributed by atoms with Crippen LogP contribution in [-0.4, -0.2) is 72.7 Å². The second kappa shape index (κ2) is 26.2. The zero-order chi connectivity index (χ0) is 28.3. The van der Waals surface area contributed by atoms with Gasteiger partial charge in [0.05, 0.1) is 19.8 Å². The molecule has 0 saturated carbocycles. The van der Waals surface area contributed by atoms with Crippen molar-refractivity contribution in [3.63, 3.8) is 0 Å². The molecule has 11 nitrogen and oxygen atoms in total. The lowest BCUT2D eigenvalue weighted by Crippen LogP contribution is -2.26. The molecule has 0 amide bonds. The number of hydrogen-bond donors (Lipinski definition) is 4. The van der Waals surface area contributed by atoms with Crippen molar-refractivity contribution in [3.05, 3.63) is 0 Å². The van der Waals surface area contributed by atoms with E-state index < -0.39 is 25.9 Å². The average Bonchev–Trinajstić information content (AvgIpc) is 2.86. The molecular weight excluding hydrogens is 517 g/mol. The number of unbranched alkanes of at least 4 members (excludes halogenated alkanes) is 13. The molecule has 0 aliphatic heterocycles. The molecule has 0 aliphatic carbocycles. The van der Waals surface area contributed by atoms with Gasteiger partial charge in [-0.1, -0.05) is 70.6 Å². The van der Waals surface area contributed by atoms with Crippen LogP contribution in [0.1, 0.15) is 109 Å². The number of hydrogen-bond acceptors (Lipinski definition) is 8. The Kier molecular flexibility index (Phi) is 25.4. The Morgan fingerprint density at radius 1 is 0.632 bits per heavy atom. The fourth-order valence-corrected chi connectivity index (χ4v) is 4.56. The minimum Gasteiger partial charge on any atom is -0.481 e. The average molecular weight is 570 g/mol. The van der Waals surface area contributed by atoms with Crippen molar-refractivity contribution in [1.82, 2.24) is 0 Å². The van der Waals surface area contributed by atoms with Gasteiger partial charge in [-0.2, -0.15) is 0 Å². The first-order chi connectivity index (χ1) is 18.3. The topological polar surface area (TPSA) is 175 Å². The molecule has 12 heteroatoms. The number of ether oxygens (including phenoxy) is 2. The molecule has 0 aliphatic rings. The molecule has 38 heavy (non-hydrogen) atoms. The summed E-state index contributed by atoms with van der Waals surface area (Å²) in [6.45, 7) is 0.891. The summed E-state index contributed by atoms with van der Waals surface area (Å²) >= 11 is 0. The maximum Gasteiger partial charge on any atom is 0.472 e. The Morgan fingerprint density at radius 3 is 1.58 bits per heavy atom. The fourth-order valence-electron chi connectivity index (χ4n) is 3.79. The molecule has 0 heterocycles. The van der Waals surface area contributed by atoms with Gasteiger partial charge >= 0.3 is 19.8 Å². The van der Waals surface area contributed by atoms with Crippen LogP contribution < -0.4 is 5.73 Å². The second-order valence-electron chi connectivity index (χ2n) is 9.54. The number of aliphatic carboxylic acids is 2. The molecule has 0 bridgehead atoms. The first-order valence-electron chi connectivity index (χ1n) is 14.2. The van der Waals surface area contributed by atoms with Crippen LogP contribution in [0.15, 0.2) is 0 Å². The first kappa shape index (κ1) is 36.9. The van der Waals surface area contributed by atoms with Crippen LogP contribution in [0.5, 0.6) is 0 Å². The van der Waals surface area contributed by atoms with E-state index in [1.54, 1.807) is 0 Å². The van der Waals surface area contributed by atoms with Gasteiger partial charge in [-0.3, -0.25) is 18.6 Å². The van der Waals surface area contributed by atoms with E-state index >= 15 is 0 Å². The Bertz CT molecular complexity index is 623. The normalized spacial score (nSPS) is 13.8. The molecule has 0 saturated heterocycles. The molecule has 0 fully saturated rings. The van der Waals surface area contributed by atoms with Gasteiger partial charge in [0.1, 0.15) is 6.10 Å². The van der Waals surface area contributed by atoms with Crippen LogP contribution >= 0.6 is 7.82 Å². The Labute approximate surface area is 228 Å². The van der Waals surface area contributed by atoms with E-state index in [-0.39, 0.29) is 39.2 Å². The van der Waals surface area contributed by atoms with E-state index in [0.29, 0.717) is 26.1 Å². The molecule has 5 N–H and O–H groups in total. The number of nitrogens with two attached hydrogens (primary N) is 1. The van der Waals surface area contributed by atoms with Gasteiger partial charge in [0.2, 0.25) is 0 Å².